The van der Waals surface area contributed by atoms with Crippen LogP contribution in [0.15, 0.2) is 158 Å². The van der Waals surface area contributed by atoms with Crippen LogP contribution in [0.3, 0.4) is 0 Å². The summed E-state index contributed by atoms with van der Waals surface area (Å²) in [6.45, 7) is 0. The number of nitriles is 1. The fourth-order valence-electron chi connectivity index (χ4n) is 7.43. The highest BCUT2D eigenvalue weighted by Crippen LogP contribution is 2.46. The first-order valence-corrected chi connectivity index (χ1v) is 17.4. The fourth-order valence-corrected chi connectivity index (χ4v) is 8.54. The van der Waals surface area contributed by atoms with E-state index >= 15 is 0 Å². The molecule has 0 spiro atoms. The minimum atomic E-state index is 0.448. The van der Waals surface area contributed by atoms with Crippen molar-refractivity contribution in [3.8, 4) is 45.7 Å². The van der Waals surface area contributed by atoms with Crippen molar-refractivity contribution in [2.75, 3.05) is 0 Å². The lowest BCUT2D eigenvalue weighted by molar-refractivity contribution is 1.15. The van der Waals surface area contributed by atoms with Crippen molar-refractivity contribution < 1.29 is 0 Å². The van der Waals surface area contributed by atoms with Crippen molar-refractivity contribution >= 4 is 64.1 Å². The molecule has 0 amide bonds. The summed E-state index contributed by atoms with van der Waals surface area (Å²) < 4.78 is 4.86. The molecule has 232 valence electrons. The van der Waals surface area contributed by atoms with Crippen LogP contribution in [0.1, 0.15) is 5.56 Å². The molecule has 0 fully saturated rings. The molecule has 10 aromatic rings. The molecule has 3 heterocycles. The smallest absolute Gasteiger partial charge is 0.160 e. The van der Waals surface area contributed by atoms with Crippen LogP contribution in [0.4, 0.5) is 0 Å². The highest BCUT2D eigenvalue weighted by molar-refractivity contribution is 7.26. The fraction of sp³-hybridized carbons (Fsp3) is 0. The van der Waals surface area contributed by atoms with E-state index < -0.39 is 0 Å². The van der Waals surface area contributed by atoms with Gasteiger partial charge in [0.15, 0.2) is 5.82 Å². The van der Waals surface area contributed by atoms with E-state index in [9.17, 15) is 5.26 Å². The lowest BCUT2D eigenvalue weighted by atomic mass is 9.96. The third-order valence-corrected chi connectivity index (χ3v) is 10.8. The number of para-hydroxylation sites is 2. The van der Waals surface area contributed by atoms with Gasteiger partial charge in [-0.2, -0.15) is 5.26 Å². The Hall–Kier alpha value is -6.61. The van der Waals surface area contributed by atoms with Gasteiger partial charge in [-0.05, 0) is 47.2 Å². The highest BCUT2D eigenvalue weighted by atomic mass is 32.1. The zero-order valence-electron chi connectivity index (χ0n) is 26.7. The van der Waals surface area contributed by atoms with E-state index in [1.54, 1.807) is 0 Å². The van der Waals surface area contributed by atoms with E-state index in [2.05, 4.69) is 120 Å². The number of nitrogens with zero attached hydrogens (tertiary/aromatic N) is 4. The largest absolute Gasteiger partial charge is 0.309 e. The van der Waals surface area contributed by atoms with Crippen molar-refractivity contribution in [3.63, 3.8) is 0 Å². The summed E-state index contributed by atoms with van der Waals surface area (Å²) in [5, 5.41) is 18.0. The number of thiophene rings is 1. The molecule has 0 saturated carbocycles. The van der Waals surface area contributed by atoms with Crippen LogP contribution in [0.2, 0.25) is 0 Å². The van der Waals surface area contributed by atoms with Gasteiger partial charge in [-0.25, -0.2) is 9.97 Å². The van der Waals surface area contributed by atoms with E-state index in [-0.39, 0.29) is 0 Å². The summed E-state index contributed by atoms with van der Waals surface area (Å²) in [6.07, 6.45) is 0. The lowest BCUT2D eigenvalue weighted by Gasteiger charge is -2.15. The molecule has 0 saturated heterocycles. The van der Waals surface area contributed by atoms with Crippen molar-refractivity contribution in [2.24, 2.45) is 0 Å². The maximum absolute atomic E-state index is 11.0. The number of benzene rings is 7. The zero-order valence-corrected chi connectivity index (χ0v) is 27.5. The Morgan fingerprint density at radius 2 is 1.26 bits per heavy atom. The van der Waals surface area contributed by atoms with E-state index in [0.717, 1.165) is 49.6 Å². The van der Waals surface area contributed by atoms with Gasteiger partial charge in [0, 0.05) is 53.3 Å². The third-order valence-electron chi connectivity index (χ3n) is 9.64. The van der Waals surface area contributed by atoms with Gasteiger partial charge in [-0.3, -0.25) is 0 Å². The molecule has 4 nitrogen and oxygen atoms in total. The van der Waals surface area contributed by atoms with Crippen LogP contribution >= 0.6 is 11.3 Å². The van der Waals surface area contributed by atoms with Crippen molar-refractivity contribution in [1.82, 2.24) is 14.5 Å². The van der Waals surface area contributed by atoms with Crippen LogP contribution in [0, 0.1) is 11.3 Å². The normalized spacial score (nSPS) is 11.6. The molecule has 3 aromatic heterocycles. The molecule has 0 N–H and O–H groups in total. The third kappa shape index (κ3) is 4.29. The molecule has 0 atom stereocenters. The minimum absolute atomic E-state index is 0.448. The van der Waals surface area contributed by atoms with Crippen LogP contribution in [0.5, 0.6) is 0 Å². The average molecular weight is 655 g/mol. The number of hydrogen-bond donors (Lipinski definition) is 0. The summed E-state index contributed by atoms with van der Waals surface area (Å²) in [5.41, 5.74) is 7.50. The van der Waals surface area contributed by atoms with E-state index in [0.29, 0.717) is 22.8 Å². The number of hydrogen-bond acceptors (Lipinski definition) is 4. The van der Waals surface area contributed by atoms with E-state index in [1.165, 1.54) is 25.6 Å². The molecule has 0 aliphatic rings. The van der Waals surface area contributed by atoms with Gasteiger partial charge >= 0.3 is 0 Å². The van der Waals surface area contributed by atoms with E-state index in [1.807, 2.05) is 59.9 Å². The monoisotopic (exact) mass is 654 g/mol. The average Bonchev–Trinajstić information content (AvgIpc) is 3.73. The topological polar surface area (TPSA) is 54.5 Å². The Labute approximate surface area is 291 Å². The number of fused-ring (bicyclic) bond motifs is 8. The first-order valence-electron chi connectivity index (χ1n) is 16.6. The molecule has 5 heteroatoms. The second-order valence-corrected chi connectivity index (χ2v) is 13.5. The predicted molar refractivity (Wildman–Crippen MR) is 208 cm³/mol. The standard InChI is InChI=1S/C45H26N4S/c46-27-36-42(31-23-22-28-12-7-8-15-30(28)26-31)47-45(29-13-3-1-4-14-29)48-43(36)35-20-11-19-34-40-37(49(44(34)35)32-16-5-2-6-17-32)24-25-39-41(40)33-18-9-10-21-38(33)50-39/h1-26H. The van der Waals surface area contributed by atoms with Crippen molar-refractivity contribution in [3.05, 3.63) is 163 Å². The van der Waals surface area contributed by atoms with Gasteiger partial charge in [-0.15, -0.1) is 11.3 Å². The van der Waals surface area contributed by atoms with Gasteiger partial charge in [0.25, 0.3) is 0 Å². The molecule has 0 radical (unpaired) electrons. The minimum Gasteiger partial charge on any atom is -0.309 e. The first kappa shape index (κ1) is 28.4. The lowest BCUT2D eigenvalue weighted by Crippen LogP contribution is -2.03. The van der Waals surface area contributed by atoms with Gasteiger partial charge in [0.1, 0.15) is 11.6 Å². The zero-order chi connectivity index (χ0) is 33.2. The first-order chi connectivity index (χ1) is 24.8. The Kier molecular flexibility index (Phi) is 6.38. The molecule has 0 aliphatic carbocycles. The summed E-state index contributed by atoms with van der Waals surface area (Å²) in [6, 6.07) is 57.2. The molecule has 50 heavy (non-hydrogen) atoms. The second-order valence-electron chi connectivity index (χ2n) is 12.5. The Morgan fingerprint density at radius 1 is 0.540 bits per heavy atom. The molecule has 0 bridgehead atoms. The summed E-state index contributed by atoms with van der Waals surface area (Å²) in [5.74, 6) is 0.577. The molecule has 10 rings (SSSR count). The van der Waals surface area contributed by atoms with Crippen LogP contribution < -0.4 is 0 Å². The van der Waals surface area contributed by atoms with Gasteiger partial charge in [0.2, 0.25) is 0 Å². The maximum Gasteiger partial charge on any atom is 0.160 e. The summed E-state index contributed by atoms with van der Waals surface area (Å²) in [4.78, 5) is 10.4. The van der Waals surface area contributed by atoms with E-state index in [4.69, 9.17) is 9.97 Å². The van der Waals surface area contributed by atoms with Gasteiger partial charge in [-0.1, -0.05) is 121 Å². The molecule has 7 aromatic carbocycles. The van der Waals surface area contributed by atoms with Gasteiger partial charge in [0.05, 0.1) is 22.4 Å². The summed E-state index contributed by atoms with van der Waals surface area (Å²) >= 11 is 1.82. The van der Waals surface area contributed by atoms with Gasteiger partial charge < -0.3 is 4.57 Å². The molecular formula is C45H26N4S. The Bertz CT molecular complexity index is 2990. The van der Waals surface area contributed by atoms with Crippen LogP contribution in [0.25, 0.3) is 92.3 Å². The predicted octanol–water partition coefficient (Wildman–Crippen LogP) is 12.0. The Morgan fingerprint density at radius 3 is 2.10 bits per heavy atom. The molecule has 0 aliphatic heterocycles. The molecule has 0 unspecified atom stereocenters. The SMILES string of the molecule is N#Cc1c(-c2ccc3ccccc3c2)nc(-c2ccccc2)nc1-c1cccc2c3c4c(ccc3n(-c3ccccc3)c12)sc1ccccc14. The van der Waals surface area contributed by atoms with Crippen LogP contribution in [-0.4, -0.2) is 14.5 Å². The summed E-state index contributed by atoms with van der Waals surface area (Å²) in [7, 11) is 0. The number of aromatic nitrogens is 3. The Balaban J connectivity index is 1.36. The van der Waals surface area contributed by atoms with Crippen molar-refractivity contribution in [1.29, 1.82) is 5.26 Å². The molecular weight excluding hydrogens is 629 g/mol. The quantitative estimate of drug-likeness (QED) is 0.190. The number of rotatable bonds is 4. The second kappa shape index (κ2) is 11.2. The van der Waals surface area contributed by atoms with Crippen molar-refractivity contribution in [2.45, 2.75) is 0 Å². The highest BCUT2D eigenvalue weighted by Gasteiger charge is 2.25. The maximum atomic E-state index is 11.0. The van der Waals surface area contributed by atoms with Crippen LogP contribution in [-0.2, 0) is 0 Å².